The zero-order valence-corrected chi connectivity index (χ0v) is 4.64. The maximum absolute atomic E-state index is 10.5. The Labute approximate surface area is 48.0 Å². The van der Waals surface area contributed by atoms with Gasteiger partial charge in [-0.05, 0) is 6.42 Å². The summed E-state index contributed by atoms with van der Waals surface area (Å²) in [5, 5.41) is 0. The minimum atomic E-state index is 0.238. The van der Waals surface area contributed by atoms with Crippen LogP contribution in [-0.2, 0) is 9.63 Å². The molecular weight excluding hydrogens is 106 g/mol. The summed E-state index contributed by atoms with van der Waals surface area (Å²) in [5.74, 6) is 0.238. The normalized spacial score (nSPS) is 22.8. The first-order valence-corrected chi connectivity index (χ1v) is 2.76. The van der Waals surface area contributed by atoms with Crippen LogP contribution in [0.25, 0.3) is 0 Å². The van der Waals surface area contributed by atoms with Gasteiger partial charge in [-0.15, -0.1) is 0 Å². The van der Waals surface area contributed by atoms with Crippen LogP contribution in [0.3, 0.4) is 0 Å². The molecule has 1 N–H and O–H groups in total. The van der Waals surface area contributed by atoms with Gasteiger partial charge in [0, 0.05) is 6.42 Å². The Kier molecular flexibility index (Phi) is 2.00. The summed E-state index contributed by atoms with van der Waals surface area (Å²) in [6.45, 7) is 1.03. The minimum Gasteiger partial charge on any atom is -0.301 e. The van der Waals surface area contributed by atoms with E-state index in [4.69, 9.17) is 4.84 Å². The van der Waals surface area contributed by atoms with Gasteiger partial charge in [0.05, 0.1) is 13.2 Å². The summed E-state index contributed by atoms with van der Waals surface area (Å²) >= 11 is 0. The van der Waals surface area contributed by atoms with E-state index in [0.29, 0.717) is 19.6 Å². The average Bonchev–Trinajstić information content (AvgIpc) is 1.94. The molecule has 0 aliphatic carbocycles. The van der Waals surface area contributed by atoms with Crippen molar-refractivity contribution in [1.82, 2.24) is 5.48 Å². The van der Waals surface area contributed by atoms with Crippen LogP contribution in [0.15, 0.2) is 0 Å². The number of carbonyl (C=O) groups is 1. The van der Waals surface area contributed by atoms with Crippen molar-refractivity contribution < 1.29 is 9.63 Å². The van der Waals surface area contributed by atoms with E-state index in [1.807, 2.05) is 0 Å². The summed E-state index contributed by atoms with van der Waals surface area (Å²) in [6, 6.07) is 0. The van der Waals surface area contributed by atoms with Gasteiger partial charge in [0.1, 0.15) is 5.78 Å². The number of carbonyl (C=O) groups excluding carboxylic acids is 1. The first kappa shape index (κ1) is 5.72. The predicted molar refractivity (Wildman–Crippen MR) is 28.2 cm³/mol. The van der Waals surface area contributed by atoms with E-state index in [9.17, 15) is 4.79 Å². The third kappa shape index (κ3) is 1.60. The standard InChI is InChI=1S/C5H9NO2/c7-5-2-1-3-8-6-4-5/h6H,1-4H2. The molecule has 1 heterocycles. The topological polar surface area (TPSA) is 38.3 Å². The molecule has 46 valence electrons. The SMILES string of the molecule is O=C1CCCONC1. The zero-order valence-electron chi connectivity index (χ0n) is 4.64. The van der Waals surface area contributed by atoms with Gasteiger partial charge in [-0.3, -0.25) is 4.79 Å². The van der Waals surface area contributed by atoms with E-state index in [-0.39, 0.29) is 5.78 Å². The summed E-state index contributed by atoms with van der Waals surface area (Å²) in [5.41, 5.74) is 2.55. The third-order valence-corrected chi connectivity index (χ3v) is 1.07. The molecule has 0 spiro atoms. The Balaban J connectivity index is 2.27. The maximum atomic E-state index is 10.5. The van der Waals surface area contributed by atoms with Gasteiger partial charge >= 0.3 is 0 Å². The highest BCUT2D eigenvalue weighted by Gasteiger charge is 2.04. The van der Waals surface area contributed by atoms with Crippen LogP contribution < -0.4 is 5.48 Å². The highest BCUT2D eigenvalue weighted by Crippen LogP contribution is 1.93. The van der Waals surface area contributed by atoms with E-state index < -0.39 is 0 Å². The summed E-state index contributed by atoms with van der Waals surface area (Å²) in [7, 11) is 0. The Hall–Kier alpha value is -0.410. The van der Waals surface area contributed by atoms with Crippen LogP contribution in [0.5, 0.6) is 0 Å². The number of hydrogen-bond acceptors (Lipinski definition) is 3. The molecule has 0 bridgehead atoms. The van der Waals surface area contributed by atoms with Gasteiger partial charge in [0.25, 0.3) is 0 Å². The zero-order chi connectivity index (χ0) is 5.82. The summed E-state index contributed by atoms with van der Waals surface area (Å²) < 4.78 is 0. The van der Waals surface area contributed by atoms with Crippen LogP contribution in [-0.4, -0.2) is 18.9 Å². The van der Waals surface area contributed by atoms with Gasteiger partial charge in [-0.2, -0.15) is 5.48 Å². The molecule has 0 radical (unpaired) electrons. The van der Waals surface area contributed by atoms with Gasteiger partial charge in [-0.25, -0.2) is 0 Å². The second-order valence-electron chi connectivity index (χ2n) is 1.81. The number of nitrogens with one attached hydrogen (secondary N) is 1. The molecule has 1 aliphatic rings. The van der Waals surface area contributed by atoms with Crippen molar-refractivity contribution in [3.8, 4) is 0 Å². The lowest BCUT2D eigenvalue weighted by molar-refractivity contribution is -0.118. The molecule has 1 fully saturated rings. The summed E-state index contributed by atoms with van der Waals surface area (Å²) in [6.07, 6.45) is 1.51. The lowest BCUT2D eigenvalue weighted by Gasteiger charge is -1.93. The molecule has 1 saturated heterocycles. The molecule has 0 saturated carbocycles. The molecule has 0 aromatic heterocycles. The molecule has 8 heavy (non-hydrogen) atoms. The number of Topliss-reactive ketones (excluding diaryl/α,β-unsaturated/α-hetero) is 1. The van der Waals surface area contributed by atoms with Crippen LogP contribution in [0.2, 0.25) is 0 Å². The van der Waals surface area contributed by atoms with Crippen LogP contribution >= 0.6 is 0 Å². The Morgan fingerprint density at radius 3 is 3.38 bits per heavy atom. The first-order chi connectivity index (χ1) is 3.89. The second-order valence-corrected chi connectivity index (χ2v) is 1.81. The molecule has 3 heteroatoms. The van der Waals surface area contributed by atoms with Crippen molar-refractivity contribution in [2.75, 3.05) is 13.2 Å². The molecular formula is C5H9NO2. The fourth-order valence-corrected chi connectivity index (χ4v) is 0.634. The van der Waals surface area contributed by atoms with Crippen molar-refractivity contribution in [2.45, 2.75) is 12.8 Å². The molecule has 0 amide bonds. The molecule has 0 atom stereocenters. The van der Waals surface area contributed by atoms with Gasteiger partial charge in [0.2, 0.25) is 0 Å². The van der Waals surface area contributed by atoms with Crippen LogP contribution in [0.1, 0.15) is 12.8 Å². The molecule has 0 aromatic carbocycles. The Morgan fingerprint density at radius 2 is 2.50 bits per heavy atom. The lowest BCUT2D eigenvalue weighted by Crippen LogP contribution is -2.18. The first-order valence-electron chi connectivity index (χ1n) is 2.76. The van der Waals surface area contributed by atoms with E-state index in [1.165, 1.54) is 0 Å². The largest absolute Gasteiger partial charge is 0.301 e. The van der Waals surface area contributed by atoms with Crippen molar-refractivity contribution in [2.24, 2.45) is 0 Å². The number of hydroxylamine groups is 1. The Morgan fingerprint density at radius 1 is 1.62 bits per heavy atom. The molecule has 3 nitrogen and oxygen atoms in total. The number of hydrogen-bond donors (Lipinski definition) is 1. The average molecular weight is 115 g/mol. The van der Waals surface area contributed by atoms with Gasteiger partial charge in [0.15, 0.2) is 0 Å². The molecule has 0 unspecified atom stereocenters. The van der Waals surface area contributed by atoms with E-state index >= 15 is 0 Å². The van der Waals surface area contributed by atoms with Gasteiger partial charge in [-0.1, -0.05) is 0 Å². The van der Waals surface area contributed by atoms with E-state index in [0.717, 1.165) is 6.42 Å². The highest BCUT2D eigenvalue weighted by molar-refractivity contribution is 5.80. The van der Waals surface area contributed by atoms with Crippen molar-refractivity contribution in [3.05, 3.63) is 0 Å². The van der Waals surface area contributed by atoms with Crippen LogP contribution in [0, 0.1) is 0 Å². The molecule has 1 rings (SSSR count). The summed E-state index contributed by atoms with van der Waals surface area (Å²) in [4.78, 5) is 15.3. The minimum absolute atomic E-state index is 0.238. The smallest absolute Gasteiger partial charge is 0.149 e. The molecule has 0 aromatic rings. The van der Waals surface area contributed by atoms with Crippen LogP contribution in [0.4, 0.5) is 0 Å². The number of rotatable bonds is 0. The van der Waals surface area contributed by atoms with Crippen molar-refractivity contribution >= 4 is 5.78 Å². The van der Waals surface area contributed by atoms with Crippen molar-refractivity contribution in [1.29, 1.82) is 0 Å². The third-order valence-electron chi connectivity index (χ3n) is 1.07. The highest BCUT2D eigenvalue weighted by atomic mass is 16.6. The van der Waals surface area contributed by atoms with Crippen molar-refractivity contribution in [3.63, 3.8) is 0 Å². The van der Waals surface area contributed by atoms with E-state index in [2.05, 4.69) is 5.48 Å². The fraction of sp³-hybridized carbons (Fsp3) is 0.800. The Bertz CT molecular complexity index is 82.4. The fourth-order valence-electron chi connectivity index (χ4n) is 0.634. The molecule has 1 aliphatic heterocycles. The maximum Gasteiger partial charge on any atom is 0.149 e. The number of ketones is 1. The quantitative estimate of drug-likeness (QED) is 0.478. The van der Waals surface area contributed by atoms with Gasteiger partial charge < -0.3 is 4.84 Å². The van der Waals surface area contributed by atoms with E-state index in [1.54, 1.807) is 0 Å². The monoisotopic (exact) mass is 115 g/mol. The second kappa shape index (κ2) is 2.79. The lowest BCUT2D eigenvalue weighted by atomic mass is 10.2. The predicted octanol–water partition coefficient (Wildman–Crippen LogP) is -0.130.